The summed E-state index contributed by atoms with van der Waals surface area (Å²) in [5.74, 6) is 1.90. The first-order valence-electron chi connectivity index (χ1n) is 11.7. The van der Waals surface area contributed by atoms with E-state index >= 15 is 0 Å². The van der Waals surface area contributed by atoms with Gasteiger partial charge in [0.1, 0.15) is 5.84 Å². The summed E-state index contributed by atoms with van der Waals surface area (Å²) in [4.78, 5) is 25.1. The van der Waals surface area contributed by atoms with E-state index in [1.165, 1.54) is 11.3 Å². The van der Waals surface area contributed by atoms with E-state index in [2.05, 4.69) is 44.2 Å². The van der Waals surface area contributed by atoms with Gasteiger partial charge in [-0.25, -0.2) is 4.68 Å². The number of pyridine rings is 1. The van der Waals surface area contributed by atoms with Gasteiger partial charge in [-0.3, -0.25) is 9.78 Å². The van der Waals surface area contributed by atoms with Crippen LogP contribution in [0.2, 0.25) is 0 Å². The van der Waals surface area contributed by atoms with Crippen LogP contribution < -0.4 is 9.64 Å². The summed E-state index contributed by atoms with van der Waals surface area (Å²) in [5.41, 5.74) is 5.22. The number of hydrogen-bond acceptors (Lipinski definition) is 5. The summed E-state index contributed by atoms with van der Waals surface area (Å²) >= 11 is 0. The number of amidine groups is 1. The van der Waals surface area contributed by atoms with E-state index in [0.29, 0.717) is 42.1 Å². The van der Waals surface area contributed by atoms with Gasteiger partial charge < -0.3 is 9.64 Å². The summed E-state index contributed by atoms with van der Waals surface area (Å²) in [6, 6.07) is 12.4. The van der Waals surface area contributed by atoms with Crippen molar-refractivity contribution in [2.75, 3.05) is 11.5 Å². The van der Waals surface area contributed by atoms with Gasteiger partial charge in [-0.05, 0) is 62.3 Å². The molecule has 0 spiro atoms. The fourth-order valence-corrected chi connectivity index (χ4v) is 5.54. The van der Waals surface area contributed by atoms with Crippen molar-refractivity contribution < 1.29 is 9.53 Å². The summed E-state index contributed by atoms with van der Waals surface area (Å²) < 4.78 is 7.96. The largest absolute Gasteiger partial charge is 0.477 e. The normalized spacial score (nSPS) is 21.9. The lowest BCUT2D eigenvalue weighted by atomic mass is 10.0. The number of aryl methyl sites for hydroxylation is 2. The lowest BCUT2D eigenvalue weighted by Gasteiger charge is -2.28. The van der Waals surface area contributed by atoms with Crippen LogP contribution in [0.1, 0.15) is 47.3 Å². The van der Waals surface area contributed by atoms with E-state index in [1.54, 1.807) is 10.9 Å². The fourth-order valence-electron chi connectivity index (χ4n) is 5.54. The highest BCUT2D eigenvalue weighted by Gasteiger charge is 2.36. The number of anilines is 1. The van der Waals surface area contributed by atoms with Crippen LogP contribution in [0.4, 0.5) is 5.69 Å². The summed E-state index contributed by atoms with van der Waals surface area (Å²) in [7, 11) is 1.87. The van der Waals surface area contributed by atoms with E-state index in [4.69, 9.17) is 4.74 Å². The Morgan fingerprint density at radius 1 is 1.12 bits per heavy atom. The second kappa shape index (κ2) is 7.83. The molecular weight excluding hydrogens is 414 g/mol. The van der Waals surface area contributed by atoms with E-state index in [0.717, 1.165) is 42.8 Å². The first-order valence-corrected chi connectivity index (χ1v) is 11.7. The Morgan fingerprint density at radius 3 is 2.91 bits per heavy atom. The molecule has 2 aliphatic heterocycles. The monoisotopic (exact) mass is 441 g/mol. The smallest absolute Gasteiger partial charge is 0.278 e. The molecule has 0 radical (unpaired) electrons. The number of carbonyl (C=O) groups excluding carboxylic acids is 1. The third-order valence-electron chi connectivity index (χ3n) is 7.11. The van der Waals surface area contributed by atoms with Crippen molar-refractivity contribution in [3.8, 4) is 17.1 Å². The first-order chi connectivity index (χ1) is 16.1. The molecule has 1 saturated carbocycles. The van der Waals surface area contributed by atoms with Gasteiger partial charge in [-0.15, -0.1) is 0 Å². The Morgan fingerprint density at radius 2 is 2.00 bits per heavy atom. The van der Waals surface area contributed by atoms with Crippen LogP contribution >= 0.6 is 0 Å². The van der Waals surface area contributed by atoms with Gasteiger partial charge in [-0.1, -0.05) is 18.2 Å². The third kappa shape index (κ3) is 3.52. The molecule has 7 nitrogen and oxygen atoms in total. The molecule has 4 heterocycles. The number of aliphatic imine (C=N–C) groups is 1. The molecule has 33 heavy (non-hydrogen) atoms. The van der Waals surface area contributed by atoms with Crippen LogP contribution in [-0.2, 0) is 13.5 Å². The number of aromatic nitrogens is 3. The van der Waals surface area contributed by atoms with Gasteiger partial charge >= 0.3 is 0 Å². The maximum absolute atomic E-state index is 13.4. The van der Waals surface area contributed by atoms with Gasteiger partial charge in [0.15, 0.2) is 0 Å². The highest BCUT2D eigenvalue weighted by atomic mass is 16.5. The molecule has 2 aromatic heterocycles. The molecule has 1 aliphatic carbocycles. The number of rotatable bonds is 0. The predicted molar refractivity (Wildman–Crippen MR) is 127 cm³/mol. The minimum Gasteiger partial charge on any atom is -0.477 e. The summed E-state index contributed by atoms with van der Waals surface area (Å²) in [6.07, 6.45) is 6.78. The van der Waals surface area contributed by atoms with Crippen molar-refractivity contribution in [2.45, 2.75) is 45.1 Å². The number of para-hydroxylation sites is 1. The summed E-state index contributed by atoms with van der Waals surface area (Å²) in [6.45, 7) is 2.54. The van der Waals surface area contributed by atoms with E-state index in [-0.39, 0.29) is 5.91 Å². The number of nitrogens with zero attached hydrogens (tertiary/aromatic N) is 5. The van der Waals surface area contributed by atoms with Crippen LogP contribution in [0.25, 0.3) is 11.3 Å². The Balaban J connectivity index is 1.48. The third-order valence-corrected chi connectivity index (χ3v) is 7.11. The number of hydrogen-bond donors (Lipinski definition) is 0. The van der Waals surface area contributed by atoms with Crippen LogP contribution in [0.5, 0.6) is 5.88 Å². The van der Waals surface area contributed by atoms with E-state index < -0.39 is 0 Å². The molecule has 6 rings (SSSR count). The molecule has 3 aromatic rings. The second-order valence-corrected chi connectivity index (χ2v) is 9.35. The van der Waals surface area contributed by atoms with Crippen molar-refractivity contribution in [1.29, 1.82) is 0 Å². The van der Waals surface area contributed by atoms with Gasteiger partial charge in [0.2, 0.25) is 5.88 Å². The molecule has 168 valence electrons. The molecule has 1 aromatic carbocycles. The maximum atomic E-state index is 13.4. The van der Waals surface area contributed by atoms with E-state index in [9.17, 15) is 4.79 Å². The number of benzene rings is 1. The molecule has 4 bridgehead atoms. The quantitative estimate of drug-likeness (QED) is 0.519. The predicted octanol–water partition coefficient (Wildman–Crippen LogP) is 4.34. The van der Waals surface area contributed by atoms with Gasteiger partial charge in [0.25, 0.3) is 5.91 Å². The van der Waals surface area contributed by atoms with Crippen molar-refractivity contribution in [3.05, 3.63) is 59.4 Å². The topological polar surface area (TPSA) is 72.6 Å². The minimum absolute atomic E-state index is 0.231. The van der Waals surface area contributed by atoms with Gasteiger partial charge in [0.05, 0.1) is 24.1 Å². The number of fused-ring (bicyclic) bond motifs is 10. The highest BCUT2D eigenvalue weighted by Crippen LogP contribution is 2.40. The van der Waals surface area contributed by atoms with Gasteiger partial charge in [0, 0.05) is 36.5 Å². The average Bonchev–Trinajstić information content (AvgIpc) is 3.50. The summed E-state index contributed by atoms with van der Waals surface area (Å²) in [5, 5.41) is 4.39. The first kappa shape index (κ1) is 20.1. The second-order valence-electron chi connectivity index (χ2n) is 9.35. The molecule has 2 atom stereocenters. The lowest BCUT2D eigenvalue weighted by molar-refractivity contribution is 0.100. The highest BCUT2D eigenvalue weighted by molar-refractivity contribution is 6.13. The Kier molecular flexibility index (Phi) is 4.78. The molecule has 1 amide bonds. The number of amides is 1. The van der Waals surface area contributed by atoms with Crippen molar-refractivity contribution >= 4 is 17.4 Å². The van der Waals surface area contributed by atoms with Gasteiger partial charge in [-0.2, -0.15) is 10.1 Å². The lowest BCUT2D eigenvalue weighted by Crippen LogP contribution is -2.37. The van der Waals surface area contributed by atoms with E-state index in [1.807, 2.05) is 26.1 Å². The molecule has 1 fully saturated rings. The van der Waals surface area contributed by atoms with Crippen molar-refractivity contribution in [1.82, 2.24) is 14.8 Å². The Bertz CT molecular complexity index is 1280. The molecule has 0 unspecified atom stereocenters. The average molecular weight is 442 g/mol. The standard InChI is InChI=1S/C26H27N5O2/c1-16-11-19-13-22(28-16)21-15-27-30(2)26(21)33-10-9-17-7-8-20(12-17)31-23-6-4-3-5-18(23)14-24(31)29-25(19)32/h3-6,11,13,15,17,20H,7-10,12,14H2,1-2H3/t17-,20-/m0/s1. The molecule has 7 heteroatoms. The van der Waals surface area contributed by atoms with Crippen molar-refractivity contribution in [3.63, 3.8) is 0 Å². The molecule has 3 aliphatic rings. The zero-order valence-corrected chi connectivity index (χ0v) is 19.0. The van der Waals surface area contributed by atoms with Crippen LogP contribution in [0.3, 0.4) is 0 Å². The molecule has 0 N–H and O–H groups in total. The van der Waals surface area contributed by atoms with Crippen LogP contribution in [-0.4, -0.2) is 39.2 Å². The maximum Gasteiger partial charge on any atom is 0.278 e. The zero-order chi connectivity index (χ0) is 22.5. The number of carbonyl (C=O) groups is 1. The van der Waals surface area contributed by atoms with Crippen LogP contribution in [0.15, 0.2) is 47.6 Å². The fraction of sp³-hybridized carbons (Fsp3) is 0.385. The minimum atomic E-state index is -0.231. The number of ether oxygens (including phenoxy) is 1. The molecule has 0 saturated heterocycles. The SMILES string of the molecule is Cc1cc2cc(n1)-c1cnn(C)c1OCC[C@@H]1CC[C@@H](C1)N1C(=NC2=O)Cc2ccccc21. The van der Waals surface area contributed by atoms with Crippen LogP contribution in [0, 0.1) is 12.8 Å². The Labute approximate surface area is 193 Å². The van der Waals surface area contributed by atoms with Crippen molar-refractivity contribution in [2.24, 2.45) is 18.0 Å². The Hall–Kier alpha value is -3.48. The molecular formula is C26H27N5O2. The zero-order valence-electron chi connectivity index (χ0n) is 19.0.